The van der Waals surface area contributed by atoms with Gasteiger partial charge in [0.1, 0.15) is 11.5 Å². The van der Waals surface area contributed by atoms with Crippen molar-refractivity contribution < 1.29 is 13.9 Å². The molecule has 2 aromatic rings. The molecule has 18 heavy (non-hydrogen) atoms. The first-order valence-electron chi connectivity index (χ1n) is 5.97. The normalized spacial score (nSPS) is 10.3. The third-order valence-electron chi connectivity index (χ3n) is 2.87. The minimum Gasteiger partial charge on any atom is -0.497 e. The third kappa shape index (κ3) is 2.62. The maximum atomic E-state index is 12.2. The topological polar surface area (TPSA) is 39.4 Å². The van der Waals surface area contributed by atoms with Crippen molar-refractivity contribution in [1.29, 1.82) is 0 Å². The van der Waals surface area contributed by atoms with Crippen LogP contribution < -0.4 is 4.74 Å². The quantitative estimate of drug-likeness (QED) is 0.758. The molecule has 2 rings (SSSR count). The zero-order valence-electron chi connectivity index (χ0n) is 10.6. The number of carbonyl (C=O) groups excluding carboxylic acids is 1. The molecule has 0 spiro atoms. The van der Waals surface area contributed by atoms with Gasteiger partial charge in [-0.2, -0.15) is 0 Å². The van der Waals surface area contributed by atoms with Crippen molar-refractivity contribution >= 4 is 5.78 Å². The smallest absolute Gasteiger partial charge is 0.170 e. The maximum Gasteiger partial charge on any atom is 0.170 e. The molecule has 1 aromatic carbocycles. The van der Waals surface area contributed by atoms with Crippen LogP contribution >= 0.6 is 0 Å². The summed E-state index contributed by atoms with van der Waals surface area (Å²) in [5.41, 5.74) is 1.63. The maximum absolute atomic E-state index is 12.2. The zero-order chi connectivity index (χ0) is 13.0. The van der Waals surface area contributed by atoms with E-state index in [1.807, 2.05) is 31.2 Å². The van der Waals surface area contributed by atoms with E-state index in [-0.39, 0.29) is 5.78 Å². The highest BCUT2D eigenvalue weighted by Gasteiger charge is 2.13. The fourth-order valence-corrected chi connectivity index (χ4v) is 1.93. The van der Waals surface area contributed by atoms with Gasteiger partial charge in [-0.15, -0.1) is 0 Å². The van der Waals surface area contributed by atoms with Gasteiger partial charge in [0.15, 0.2) is 5.78 Å². The van der Waals surface area contributed by atoms with Crippen LogP contribution in [0.15, 0.2) is 41.0 Å². The van der Waals surface area contributed by atoms with Gasteiger partial charge in [0.25, 0.3) is 0 Å². The predicted octanol–water partition coefficient (Wildman–Crippen LogP) is 3.28. The molecule has 1 heterocycles. The molecule has 0 N–H and O–H groups in total. The molecule has 3 nitrogen and oxygen atoms in total. The van der Waals surface area contributed by atoms with Gasteiger partial charge in [-0.05, 0) is 23.8 Å². The summed E-state index contributed by atoms with van der Waals surface area (Å²) < 4.78 is 10.4. The van der Waals surface area contributed by atoms with E-state index in [1.54, 1.807) is 19.4 Å². The molecule has 0 radical (unpaired) electrons. The summed E-state index contributed by atoms with van der Waals surface area (Å²) in [5.74, 6) is 1.60. The van der Waals surface area contributed by atoms with E-state index in [4.69, 9.17) is 9.15 Å². The van der Waals surface area contributed by atoms with Gasteiger partial charge in [0, 0.05) is 12.8 Å². The summed E-state index contributed by atoms with van der Waals surface area (Å²) in [6.07, 6.45) is 2.66. The molecule has 0 saturated carbocycles. The number of aryl methyl sites for hydroxylation is 1. The van der Waals surface area contributed by atoms with Gasteiger partial charge in [0.2, 0.25) is 0 Å². The van der Waals surface area contributed by atoms with Crippen molar-refractivity contribution in [3.63, 3.8) is 0 Å². The highest BCUT2D eigenvalue weighted by atomic mass is 16.5. The van der Waals surface area contributed by atoms with E-state index in [0.717, 1.165) is 23.5 Å². The molecule has 0 amide bonds. The molecule has 0 unspecified atom stereocenters. The second-order valence-corrected chi connectivity index (χ2v) is 4.06. The third-order valence-corrected chi connectivity index (χ3v) is 2.87. The number of hydrogen-bond acceptors (Lipinski definition) is 3. The number of rotatable bonds is 5. The largest absolute Gasteiger partial charge is 0.497 e. The number of benzene rings is 1. The summed E-state index contributed by atoms with van der Waals surface area (Å²) in [5, 5.41) is 0. The second-order valence-electron chi connectivity index (χ2n) is 4.06. The standard InChI is InChI=1S/C15H16O3/c1-3-15-13(7-8-18-15)14(16)10-11-5-4-6-12(9-11)17-2/h4-9H,3,10H2,1-2H3. The Morgan fingerprint density at radius 1 is 1.33 bits per heavy atom. The average Bonchev–Trinajstić information content (AvgIpc) is 2.87. The molecule has 0 aliphatic rings. The monoisotopic (exact) mass is 244 g/mol. The van der Waals surface area contributed by atoms with E-state index < -0.39 is 0 Å². The van der Waals surface area contributed by atoms with Crippen LogP contribution in [-0.2, 0) is 12.8 Å². The SMILES string of the molecule is CCc1occc1C(=O)Cc1cccc(OC)c1. The predicted molar refractivity (Wildman–Crippen MR) is 69.1 cm³/mol. The lowest BCUT2D eigenvalue weighted by Gasteiger charge is -2.04. The summed E-state index contributed by atoms with van der Waals surface area (Å²) in [6.45, 7) is 1.97. The van der Waals surface area contributed by atoms with Gasteiger partial charge in [-0.3, -0.25) is 4.79 Å². The van der Waals surface area contributed by atoms with E-state index >= 15 is 0 Å². The van der Waals surface area contributed by atoms with Crippen LogP contribution in [0.4, 0.5) is 0 Å². The number of hydrogen-bond donors (Lipinski definition) is 0. The molecular formula is C15H16O3. The Bertz CT molecular complexity index is 540. The molecule has 94 valence electrons. The summed E-state index contributed by atoms with van der Waals surface area (Å²) in [6, 6.07) is 9.29. The number of ether oxygens (including phenoxy) is 1. The summed E-state index contributed by atoms with van der Waals surface area (Å²) in [7, 11) is 1.62. The average molecular weight is 244 g/mol. The number of methoxy groups -OCH3 is 1. The summed E-state index contributed by atoms with van der Waals surface area (Å²) >= 11 is 0. The van der Waals surface area contributed by atoms with Crippen LogP contribution in [0.25, 0.3) is 0 Å². The molecule has 0 bridgehead atoms. The minimum atomic E-state index is 0.0776. The molecular weight excluding hydrogens is 228 g/mol. The van der Waals surface area contributed by atoms with Gasteiger partial charge >= 0.3 is 0 Å². The van der Waals surface area contributed by atoms with Crippen LogP contribution in [0.3, 0.4) is 0 Å². The molecule has 0 aliphatic carbocycles. The fourth-order valence-electron chi connectivity index (χ4n) is 1.93. The van der Waals surface area contributed by atoms with E-state index in [2.05, 4.69) is 0 Å². The number of carbonyl (C=O) groups is 1. The Labute approximate surface area is 106 Å². The lowest BCUT2D eigenvalue weighted by atomic mass is 10.0. The first kappa shape index (κ1) is 12.4. The minimum absolute atomic E-state index is 0.0776. The number of ketones is 1. The van der Waals surface area contributed by atoms with E-state index in [0.29, 0.717) is 12.0 Å². The van der Waals surface area contributed by atoms with Crippen LogP contribution in [0.5, 0.6) is 5.75 Å². The summed E-state index contributed by atoms with van der Waals surface area (Å²) in [4.78, 5) is 12.2. The van der Waals surface area contributed by atoms with Crippen LogP contribution in [0.2, 0.25) is 0 Å². The molecule has 3 heteroatoms. The molecule has 0 atom stereocenters. The van der Waals surface area contributed by atoms with Crippen molar-refractivity contribution in [2.24, 2.45) is 0 Å². The molecule has 1 aromatic heterocycles. The Balaban J connectivity index is 2.16. The zero-order valence-corrected chi connectivity index (χ0v) is 10.6. The van der Waals surface area contributed by atoms with Crippen molar-refractivity contribution in [3.8, 4) is 5.75 Å². The van der Waals surface area contributed by atoms with Gasteiger partial charge < -0.3 is 9.15 Å². The van der Waals surface area contributed by atoms with Gasteiger partial charge in [-0.1, -0.05) is 19.1 Å². The molecule has 0 aliphatic heterocycles. The lowest BCUT2D eigenvalue weighted by molar-refractivity contribution is 0.0991. The van der Waals surface area contributed by atoms with Crippen molar-refractivity contribution in [1.82, 2.24) is 0 Å². The van der Waals surface area contributed by atoms with Crippen molar-refractivity contribution in [3.05, 3.63) is 53.5 Å². The fraction of sp³-hybridized carbons (Fsp3) is 0.267. The Hall–Kier alpha value is -2.03. The number of Topliss-reactive ketones (excluding diaryl/α,β-unsaturated/α-hetero) is 1. The van der Waals surface area contributed by atoms with E-state index in [1.165, 1.54) is 0 Å². The first-order valence-corrected chi connectivity index (χ1v) is 5.97. The highest BCUT2D eigenvalue weighted by Crippen LogP contribution is 2.17. The van der Waals surface area contributed by atoms with Crippen LogP contribution in [-0.4, -0.2) is 12.9 Å². The van der Waals surface area contributed by atoms with Crippen LogP contribution in [0.1, 0.15) is 28.6 Å². The van der Waals surface area contributed by atoms with Gasteiger partial charge in [0.05, 0.1) is 18.9 Å². The Morgan fingerprint density at radius 3 is 2.89 bits per heavy atom. The second kappa shape index (κ2) is 5.54. The first-order chi connectivity index (χ1) is 8.74. The molecule has 0 fully saturated rings. The van der Waals surface area contributed by atoms with Crippen LogP contribution in [0, 0.1) is 0 Å². The van der Waals surface area contributed by atoms with Gasteiger partial charge in [-0.25, -0.2) is 0 Å². The van der Waals surface area contributed by atoms with Crippen molar-refractivity contribution in [2.45, 2.75) is 19.8 Å². The van der Waals surface area contributed by atoms with Crippen molar-refractivity contribution in [2.75, 3.05) is 7.11 Å². The number of furan rings is 1. The lowest BCUT2D eigenvalue weighted by Crippen LogP contribution is -2.04. The Kier molecular flexibility index (Phi) is 3.82. The van der Waals surface area contributed by atoms with E-state index in [9.17, 15) is 4.79 Å². The molecule has 0 saturated heterocycles. The highest BCUT2D eigenvalue weighted by molar-refractivity contribution is 5.98. The Morgan fingerprint density at radius 2 is 2.17 bits per heavy atom.